The Balaban J connectivity index is 0.000000180. The first kappa shape index (κ1) is 15.0. The van der Waals surface area contributed by atoms with Gasteiger partial charge in [-0.3, -0.25) is 9.80 Å². The van der Waals surface area contributed by atoms with Gasteiger partial charge in [-0.2, -0.15) is 0 Å². The number of hydrogen-bond donors (Lipinski definition) is 1. The first-order valence-electron chi connectivity index (χ1n) is 6.47. The first-order chi connectivity index (χ1) is 8.86. The second kappa shape index (κ2) is 9.94. The van der Waals surface area contributed by atoms with Gasteiger partial charge in [0.15, 0.2) is 0 Å². The van der Waals surface area contributed by atoms with E-state index >= 15 is 0 Å². The SMILES string of the molecule is C#CCN1CCNCC1.C#CCN1CCOCC1. The zero-order valence-corrected chi connectivity index (χ0v) is 11.0. The standard InChI is InChI=1S/C7H12N2.C7H11NO/c1-2-5-9-6-3-8-4-7-9;1-2-3-8-4-6-9-7-5-8/h1,8H,3-7H2;1H,3-7H2. The molecule has 0 radical (unpaired) electrons. The van der Waals surface area contributed by atoms with E-state index in [2.05, 4.69) is 27.0 Å². The smallest absolute Gasteiger partial charge is 0.0600 e. The van der Waals surface area contributed by atoms with Crippen LogP contribution in [0.3, 0.4) is 0 Å². The van der Waals surface area contributed by atoms with Gasteiger partial charge < -0.3 is 10.1 Å². The summed E-state index contributed by atoms with van der Waals surface area (Å²) < 4.78 is 5.14. The molecule has 0 atom stereocenters. The van der Waals surface area contributed by atoms with Crippen LogP contribution in [0.5, 0.6) is 0 Å². The van der Waals surface area contributed by atoms with Crippen LogP contribution in [-0.4, -0.2) is 75.4 Å². The molecule has 0 spiro atoms. The van der Waals surface area contributed by atoms with Crippen molar-refractivity contribution in [2.24, 2.45) is 0 Å². The summed E-state index contributed by atoms with van der Waals surface area (Å²) in [5.41, 5.74) is 0. The fraction of sp³-hybridized carbons (Fsp3) is 0.714. The molecule has 0 aromatic heterocycles. The van der Waals surface area contributed by atoms with Crippen molar-refractivity contribution in [3.63, 3.8) is 0 Å². The van der Waals surface area contributed by atoms with Gasteiger partial charge in [0.2, 0.25) is 0 Å². The number of terminal acetylenes is 2. The van der Waals surface area contributed by atoms with Crippen LogP contribution >= 0.6 is 0 Å². The van der Waals surface area contributed by atoms with Crippen molar-refractivity contribution in [1.29, 1.82) is 0 Å². The van der Waals surface area contributed by atoms with Crippen LogP contribution in [0, 0.1) is 24.7 Å². The van der Waals surface area contributed by atoms with Crippen LogP contribution in [0.4, 0.5) is 0 Å². The van der Waals surface area contributed by atoms with E-state index < -0.39 is 0 Å². The largest absolute Gasteiger partial charge is 0.379 e. The van der Waals surface area contributed by atoms with Crippen molar-refractivity contribution in [2.45, 2.75) is 0 Å². The minimum atomic E-state index is 0.767. The number of nitrogens with zero attached hydrogens (tertiary/aromatic N) is 2. The highest BCUT2D eigenvalue weighted by molar-refractivity contribution is 4.89. The van der Waals surface area contributed by atoms with Crippen LogP contribution in [0.15, 0.2) is 0 Å². The molecule has 0 saturated carbocycles. The summed E-state index contributed by atoms with van der Waals surface area (Å²) in [6.45, 7) is 9.60. The zero-order chi connectivity index (χ0) is 13.1. The van der Waals surface area contributed by atoms with Crippen molar-refractivity contribution >= 4 is 0 Å². The molecular formula is C14H23N3O. The Bertz CT molecular complexity index is 250. The molecule has 1 N–H and O–H groups in total. The maximum atomic E-state index is 5.15. The minimum absolute atomic E-state index is 0.767. The summed E-state index contributed by atoms with van der Waals surface area (Å²) in [5.74, 6) is 5.24. The first-order valence-corrected chi connectivity index (χ1v) is 6.47. The van der Waals surface area contributed by atoms with Gasteiger partial charge in [0, 0.05) is 39.3 Å². The monoisotopic (exact) mass is 249 g/mol. The number of piperazine rings is 1. The quantitative estimate of drug-likeness (QED) is 0.666. The lowest BCUT2D eigenvalue weighted by atomic mass is 10.4. The van der Waals surface area contributed by atoms with Gasteiger partial charge >= 0.3 is 0 Å². The molecule has 2 aliphatic heterocycles. The van der Waals surface area contributed by atoms with Gasteiger partial charge in [-0.25, -0.2) is 0 Å². The summed E-state index contributed by atoms with van der Waals surface area (Å²) in [4.78, 5) is 4.49. The minimum Gasteiger partial charge on any atom is -0.379 e. The number of rotatable bonds is 2. The lowest BCUT2D eigenvalue weighted by Crippen LogP contribution is -2.43. The molecular weight excluding hydrogens is 226 g/mol. The molecule has 4 nitrogen and oxygen atoms in total. The molecule has 2 saturated heterocycles. The van der Waals surface area contributed by atoms with E-state index in [0.717, 1.165) is 65.6 Å². The summed E-state index contributed by atoms with van der Waals surface area (Å²) in [6, 6.07) is 0. The van der Waals surface area contributed by atoms with Gasteiger partial charge in [0.05, 0.1) is 26.3 Å². The lowest BCUT2D eigenvalue weighted by Gasteiger charge is -2.24. The second-order valence-corrected chi connectivity index (χ2v) is 4.32. The normalized spacial score (nSPS) is 21.2. The molecule has 0 amide bonds. The molecule has 18 heavy (non-hydrogen) atoms. The fourth-order valence-corrected chi connectivity index (χ4v) is 1.89. The van der Waals surface area contributed by atoms with E-state index in [1.807, 2.05) is 0 Å². The Morgan fingerprint density at radius 2 is 1.39 bits per heavy atom. The predicted molar refractivity (Wildman–Crippen MR) is 74.2 cm³/mol. The molecule has 2 aliphatic rings. The van der Waals surface area contributed by atoms with E-state index in [-0.39, 0.29) is 0 Å². The third-order valence-electron chi connectivity index (χ3n) is 2.94. The Hall–Kier alpha value is -1.04. The Kier molecular flexibility index (Phi) is 8.29. The highest BCUT2D eigenvalue weighted by Crippen LogP contribution is 1.93. The third kappa shape index (κ3) is 6.64. The van der Waals surface area contributed by atoms with Gasteiger partial charge in [0.1, 0.15) is 0 Å². The number of morpholine rings is 1. The summed E-state index contributed by atoms with van der Waals surface area (Å²) in [6.07, 6.45) is 10.3. The molecule has 2 heterocycles. The molecule has 0 aliphatic carbocycles. The summed E-state index contributed by atoms with van der Waals surface area (Å²) in [7, 11) is 0. The van der Waals surface area contributed by atoms with Crippen molar-refractivity contribution in [2.75, 3.05) is 65.6 Å². The molecule has 0 aromatic rings. The highest BCUT2D eigenvalue weighted by Gasteiger charge is 2.07. The van der Waals surface area contributed by atoms with Crippen molar-refractivity contribution in [3.05, 3.63) is 0 Å². The van der Waals surface area contributed by atoms with E-state index in [0.29, 0.717) is 0 Å². The molecule has 0 aromatic carbocycles. The van der Waals surface area contributed by atoms with Gasteiger partial charge in [-0.05, 0) is 0 Å². The average Bonchev–Trinajstić information content (AvgIpc) is 2.43. The molecule has 2 fully saturated rings. The predicted octanol–water partition coefficient (Wildman–Crippen LogP) is -0.523. The lowest BCUT2D eigenvalue weighted by molar-refractivity contribution is 0.0444. The van der Waals surface area contributed by atoms with Crippen molar-refractivity contribution in [1.82, 2.24) is 15.1 Å². The van der Waals surface area contributed by atoms with E-state index in [9.17, 15) is 0 Å². The Labute approximate surface area is 111 Å². The van der Waals surface area contributed by atoms with Gasteiger partial charge in [-0.1, -0.05) is 11.8 Å². The van der Waals surface area contributed by atoms with Gasteiger partial charge in [0.25, 0.3) is 0 Å². The van der Waals surface area contributed by atoms with Crippen LogP contribution in [0.2, 0.25) is 0 Å². The zero-order valence-electron chi connectivity index (χ0n) is 11.0. The van der Waals surface area contributed by atoms with Crippen molar-refractivity contribution in [3.8, 4) is 24.7 Å². The van der Waals surface area contributed by atoms with Crippen LogP contribution < -0.4 is 5.32 Å². The average molecular weight is 249 g/mol. The van der Waals surface area contributed by atoms with Crippen LogP contribution in [0.25, 0.3) is 0 Å². The van der Waals surface area contributed by atoms with Crippen LogP contribution in [0.1, 0.15) is 0 Å². The van der Waals surface area contributed by atoms with E-state index in [1.165, 1.54) is 0 Å². The van der Waals surface area contributed by atoms with Gasteiger partial charge in [-0.15, -0.1) is 12.8 Å². The van der Waals surface area contributed by atoms with Crippen molar-refractivity contribution < 1.29 is 4.74 Å². The highest BCUT2D eigenvalue weighted by atomic mass is 16.5. The summed E-state index contributed by atoms with van der Waals surface area (Å²) in [5, 5.41) is 3.26. The number of hydrogen-bond acceptors (Lipinski definition) is 4. The molecule has 2 rings (SSSR count). The number of ether oxygens (including phenoxy) is 1. The molecule has 0 bridgehead atoms. The van der Waals surface area contributed by atoms with E-state index in [4.69, 9.17) is 17.6 Å². The molecule has 0 unspecified atom stereocenters. The molecule has 4 heteroatoms. The Morgan fingerprint density at radius 3 is 1.89 bits per heavy atom. The molecule has 100 valence electrons. The number of nitrogens with one attached hydrogen (secondary N) is 1. The van der Waals surface area contributed by atoms with Crippen LogP contribution in [-0.2, 0) is 4.74 Å². The second-order valence-electron chi connectivity index (χ2n) is 4.32. The maximum Gasteiger partial charge on any atom is 0.0600 e. The third-order valence-corrected chi connectivity index (χ3v) is 2.94. The summed E-state index contributed by atoms with van der Waals surface area (Å²) >= 11 is 0. The Morgan fingerprint density at radius 1 is 0.889 bits per heavy atom. The fourth-order valence-electron chi connectivity index (χ4n) is 1.89. The topological polar surface area (TPSA) is 27.7 Å². The van der Waals surface area contributed by atoms with E-state index in [1.54, 1.807) is 0 Å². The maximum absolute atomic E-state index is 5.15.